The molecule has 36 valence electrons. The van der Waals surface area contributed by atoms with E-state index in [0.717, 1.165) is 12.0 Å². The molecule has 0 saturated heterocycles. The highest BCUT2D eigenvalue weighted by molar-refractivity contribution is 7.94. The zero-order valence-electron chi connectivity index (χ0n) is 3.10. The van der Waals surface area contributed by atoms with Crippen LogP contribution in [0.3, 0.4) is 0 Å². The van der Waals surface area contributed by atoms with E-state index in [1.54, 1.807) is 6.26 Å². The summed E-state index contributed by atoms with van der Waals surface area (Å²) in [5.74, 6) is 0. The van der Waals surface area contributed by atoms with Gasteiger partial charge in [0.25, 0.3) is 0 Å². The summed E-state index contributed by atoms with van der Waals surface area (Å²) in [5, 5.41) is 0. The third-order valence-corrected chi connectivity index (χ3v) is 0.636. The second-order valence-corrected chi connectivity index (χ2v) is 1.30. The number of hydrogen-bond acceptors (Lipinski definition) is 3. The quantitative estimate of drug-likeness (QED) is 0.395. The molecule has 0 aromatic rings. The summed E-state index contributed by atoms with van der Waals surface area (Å²) in [5.41, 5.74) is -0.775. The molecule has 0 spiro atoms. The van der Waals surface area contributed by atoms with Crippen LogP contribution in [0.2, 0.25) is 0 Å². The lowest BCUT2D eigenvalue weighted by Crippen LogP contribution is -1.78. The highest BCUT2D eigenvalue weighted by atomic mass is 35.5. The van der Waals surface area contributed by atoms with Gasteiger partial charge in [-0.3, -0.25) is 0 Å². The molecular formula is C2H3ClO2S. The average Bonchev–Trinajstić information content (AvgIpc) is 1.35. The van der Waals surface area contributed by atoms with Crippen LogP contribution in [0.1, 0.15) is 0 Å². The van der Waals surface area contributed by atoms with Gasteiger partial charge in [0.2, 0.25) is 0 Å². The number of carbonyl (C=O) groups excluding carboxylic acids is 1. The van der Waals surface area contributed by atoms with Crippen molar-refractivity contribution in [3.63, 3.8) is 0 Å². The van der Waals surface area contributed by atoms with Crippen LogP contribution in [0, 0.1) is 0 Å². The Balaban J connectivity index is 2.83. The fraction of sp³-hybridized carbons (Fsp3) is 0.500. The molecule has 0 aliphatic rings. The Kier molecular flexibility index (Phi) is 3.37. The van der Waals surface area contributed by atoms with Crippen molar-refractivity contribution in [3.05, 3.63) is 0 Å². The number of hydrogen-bond donors (Lipinski definition) is 0. The van der Waals surface area contributed by atoms with Crippen LogP contribution in [0.15, 0.2) is 0 Å². The van der Waals surface area contributed by atoms with E-state index in [2.05, 4.69) is 4.18 Å². The molecule has 0 saturated carbocycles. The molecule has 0 radical (unpaired) electrons. The smallest absolute Gasteiger partial charge is 0.380 e. The van der Waals surface area contributed by atoms with Crippen LogP contribution in [0.5, 0.6) is 0 Å². The molecule has 0 fully saturated rings. The number of carbonyl (C=O) groups is 1. The highest BCUT2D eigenvalue weighted by Crippen LogP contribution is 1.97. The summed E-state index contributed by atoms with van der Waals surface area (Å²) in [4.78, 5) is 9.57. The van der Waals surface area contributed by atoms with Crippen LogP contribution in [0.4, 0.5) is 4.79 Å². The van der Waals surface area contributed by atoms with Crippen LogP contribution in [0.25, 0.3) is 0 Å². The molecule has 0 rings (SSSR count). The SMILES string of the molecule is CSOC(=O)Cl. The van der Waals surface area contributed by atoms with Gasteiger partial charge >= 0.3 is 5.43 Å². The molecule has 0 aliphatic carbocycles. The minimum atomic E-state index is -0.775. The molecule has 0 aromatic heterocycles. The summed E-state index contributed by atoms with van der Waals surface area (Å²) < 4.78 is 4.08. The maximum absolute atomic E-state index is 9.57. The van der Waals surface area contributed by atoms with Crippen molar-refractivity contribution in [3.8, 4) is 0 Å². The number of halogens is 1. The van der Waals surface area contributed by atoms with Crippen molar-refractivity contribution in [1.82, 2.24) is 0 Å². The lowest BCUT2D eigenvalue weighted by molar-refractivity contribution is 0.233. The first-order valence-electron chi connectivity index (χ1n) is 1.17. The fourth-order valence-electron chi connectivity index (χ4n) is 0.0655. The molecule has 0 N–H and O–H groups in total. The molecule has 0 amide bonds. The van der Waals surface area contributed by atoms with Crippen molar-refractivity contribution >= 4 is 29.1 Å². The zero-order valence-corrected chi connectivity index (χ0v) is 4.68. The van der Waals surface area contributed by atoms with E-state index in [-0.39, 0.29) is 0 Å². The van der Waals surface area contributed by atoms with Gasteiger partial charge in [-0.1, -0.05) is 0 Å². The van der Waals surface area contributed by atoms with Gasteiger partial charge < -0.3 is 4.18 Å². The van der Waals surface area contributed by atoms with E-state index in [9.17, 15) is 4.79 Å². The Labute approximate surface area is 45.0 Å². The van der Waals surface area contributed by atoms with Gasteiger partial charge in [-0.25, -0.2) is 4.79 Å². The Hall–Kier alpha value is 0.110. The van der Waals surface area contributed by atoms with Crippen molar-refractivity contribution in [2.45, 2.75) is 0 Å². The van der Waals surface area contributed by atoms with E-state index in [0.29, 0.717) is 0 Å². The minimum Gasteiger partial charge on any atom is -0.380 e. The average molecular weight is 127 g/mol. The lowest BCUT2D eigenvalue weighted by Gasteiger charge is -1.83. The van der Waals surface area contributed by atoms with Gasteiger partial charge in [0.1, 0.15) is 0 Å². The molecule has 0 bridgehead atoms. The normalized spacial score (nSPS) is 7.67. The Morgan fingerprint density at radius 2 is 2.50 bits per heavy atom. The summed E-state index contributed by atoms with van der Waals surface area (Å²) in [6.07, 6.45) is 1.61. The standard InChI is InChI=1S/C2H3ClO2S/c1-6-5-2(3)4/h1H3. The fourth-order valence-corrected chi connectivity index (χ4v) is 0.386. The molecule has 2 nitrogen and oxygen atoms in total. The van der Waals surface area contributed by atoms with E-state index in [4.69, 9.17) is 11.6 Å². The minimum absolute atomic E-state index is 0.775. The number of rotatable bonds is 1. The lowest BCUT2D eigenvalue weighted by atomic mass is 11.6. The van der Waals surface area contributed by atoms with Crippen molar-refractivity contribution < 1.29 is 8.98 Å². The van der Waals surface area contributed by atoms with Crippen molar-refractivity contribution in [1.29, 1.82) is 0 Å². The predicted octanol–water partition coefficient (Wildman–Crippen LogP) is 1.64. The van der Waals surface area contributed by atoms with E-state index < -0.39 is 5.43 Å². The van der Waals surface area contributed by atoms with Crippen LogP contribution >= 0.6 is 23.6 Å². The maximum atomic E-state index is 9.57. The second kappa shape index (κ2) is 3.31. The molecule has 0 aliphatic heterocycles. The molecule has 4 heteroatoms. The highest BCUT2D eigenvalue weighted by Gasteiger charge is 1.87. The topological polar surface area (TPSA) is 26.3 Å². The Bertz CT molecular complexity index is 55.5. The Morgan fingerprint density at radius 3 is 2.50 bits per heavy atom. The van der Waals surface area contributed by atoms with Crippen LogP contribution in [-0.2, 0) is 4.18 Å². The summed E-state index contributed by atoms with van der Waals surface area (Å²) in [6.45, 7) is 0. The van der Waals surface area contributed by atoms with Gasteiger partial charge in [0.05, 0.1) is 12.0 Å². The van der Waals surface area contributed by atoms with Crippen LogP contribution < -0.4 is 0 Å². The van der Waals surface area contributed by atoms with Gasteiger partial charge in [-0.2, -0.15) is 0 Å². The monoisotopic (exact) mass is 126 g/mol. The first-order chi connectivity index (χ1) is 2.77. The molecule has 0 atom stereocenters. The molecule has 0 aromatic carbocycles. The predicted molar refractivity (Wildman–Crippen MR) is 25.8 cm³/mol. The van der Waals surface area contributed by atoms with Gasteiger partial charge in [0.15, 0.2) is 0 Å². The second-order valence-electron chi connectivity index (χ2n) is 0.488. The van der Waals surface area contributed by atoms with E-state index >= 15 is 0 Å². The van der Waals surface area contributed by atoms with E-state index in [1.165, 1.54) is 0 Å². The van der Waals surface area contributed by atoms with Gasteiger partial charge in [-0.05, 0) is 0 Å². The molecular weight excluding hydrogens is 124 g/mol. The third kappa shape index (κ3) is 4.11. The largest absolute Gasteiger partial charge is 0.415 e. The van der Waals surface area contributed by atoms with Crippen molar-refractivity contribution in [2.75, 3.05) is 6.26 Å². The van der Waals surface area contributed by atoms with Gasteiger partial charge in [-0.15, -0.1) is 0 Å². The first kappa shape index (κ1) is 6.11. The van der Waals surface area contributed by atoms with Crippen molar-refractivity contribution in [2.24, 2.45) is 0 Å². The molecule has 0 heterocycles. The summed E-state index contributed by atoms with van der Waals surface area (Å²) in [6, 6.07) is 0. The molecule has 0 unspecified atom stereocenters. The van der Waals surface area contributed by atoms with E-state index in [1.807, 2.05) is 0 Å². The third-order valence-electron chi connectivity index (χ3n) is 0.149. The Morgan fingerprint density at radius 1 is 2.00 bits per heavy atom. The summed E-state index contributed by atoms with van der Waals surface area (Å²) in [7, 11) is 0. The maximum Gasteiger partial charge on any atom is 0.415 e. The van der Waals surface area contributed by atoms with Crippen LogP contribution in [-0.4, -0.2) is 11.7 Å². The van der Waals surface area contributed by atoms with Gasteiger partial charge in [0, 0.05) is 17.9 Å². The molecule has 6 heavy (non-hydrogen) atoms. The summed E-state index contributed by atoms with van der Waals surface area (Å²) >= 11 is 5.62. The zero-order chi connectivity index (χ0) is 4.99. The first-order valence-corrected chi connectivity index (χ1v) is 2.70.